The lowest BCUT2D eigenvalue weighted by molar-refractivity contribution is -0.139. The molecule has 0 radical (unpaired) electrons. The van der Waals surface area contributed by atoms with E-state index in [0.29, 0.717) is 19.5 Å². The Morgan fingerprint density at radius 1 is 1.41 bits per heavy atom. The minimum atomic E-state index is -0.955. The number of nitrogens with zero attached hydrogens (tertiary/aromatic N) is 2. The van der Waals surface area contributed by atoms with Crippen LogP contribution in [0.3, 0.4) is 0 Å². The average molecular weight is 242 g/mol. The molecule has 1 aliphatic rings. The molecule has 0 aromatic heterocycles. The summed E-state index contributed by atoms with van der Waals surface area (Å²) in [5, 5.41) is 0. The second kappa shape index (κ2) is 5.62. The molecule has 1 rings (SSSR count). The summed E-state index contributed by atoms with van der Waals surface area (Å²) in [5.41, 5.74) is 10.5. The molecule has 4 N–H and O–H groups in total. The highest BCUT2D eigenvalue weighted by atomic mass is 16.2. The Morgan fingerprint density at radius 3 is 2.65 bits per heavy atom. The van der Waals surface area contributed by atoms with Gasteiger partial charge in [-0.3, -0.25) is 14.4 Å². The molecule has 96 valence electrons. The van der Waals surface area contributed by atoms with E-state index in [1.54, 1.807) is 11.9 Å². The molecule has 1 atom stereocenters. The van der Waals surface area contributed by atoms with E-state index in [9.17, 15) is 14.4 Å². The number of nitrogens with two attached hydrogens (primary N) is 2. The maximum atomic E-state index is 11.9. The van der Waals surface area contributed by atoms with Gasteiger partial charge in [0.05, 0.1) is 19.0 Å². The van der Waals surface area contributed by atoms with Crippen LogP contribution in [-0.4, -0.2) is 60.2 Å². The van der Waals surface area contributed by atoms with Gasteiger partial charge in [0.1, 0.15) is 0 Å². The summed E-state index contributed by atoms with van der Waals surface area (Å²) < 4.78 is 0. The predicted octanol–water partition coefficient (Wildman–Crippen LogP) is -2.12. The van der Waals surface area contributed by atoms with Gasteiger partial charge in [0.25, 0.3) is 0 Å². The molecule has 1 aliphatic heterocycles. The summed E-state index contributed by atoms with van der Waals surface area (Å²) in [6.07, 6.45) is 0.511. The van der Waals surface area contributed by atoms with Gasteiger partial charge >= 0.3 is 0 Å². The first-order chi connectivity index (χ1) is 7.91. The molecule has 0 aromatic rings. The Bertz CT molecular complexity index is 332. The van der Waals surface area contributed by atoms with Crippen molar-refractivity contribution in [2.75, 3.05) is 26.7 Å². The molecule has 0 saturated carbocycles. The summed E-state index contributed by atoms with van der Waals surface area (Å²) in [6, 6.07) is -0.955. The summed E-state index contributed by atoms with van der Waals surface area (Å²) in [5.74, 6) is -1.14. The highest BCUT2D eigenvalue weighted by Gasteiger charge is 2.27. The zero-order valence-electron chi connectivity index (χ0n) is 9.89. The summed E-state index contributed by atoms with van der Waals surface area (Å²) in [7, 11) is 1.69. The molecule has 0 aromatic carbocycles. The molecule has 7 heteroatoms. The fourth-order valence-corrected chi connectivity index (χ4v) is 1.71. The lowest BCUT2D eigenvalue weighted by Crippen LogP contribution is -2.47. The van der Waals surface area contributed by atoms with Crippen LogP contribution < -0.4 is 11.5 Å². The van der Waals surface area contributed by atoms with E-state index < -0.39 is 17.9 Å². The van der Waals surface area contributed by atoms with Crippen molar-refractivity contribution in [3.05, 3.63) is 0 Å². The van der Waals surface area contributed by atoms with E-state index in [-0.39, 0.29) is 18.9 Å². The van der Waals surface area contributed by atoms with Crippen LogP contribution in [-0.2, 0) is 14.4 Å². The van der Waals surface area contributed by atoms with E-state index in [1.807, 2.05) is 0 Å². The second-order valence-corrected chi connectivity index (χ2v) is 4.21. The fourth-order valence-electron chi connectivity index (χ4n) is 1.71. The van der Waals surface area contributed by atoms with Crippen molar-refractivity contribution < 1.29 is 14.4 Å². The molecule has 17 heavy (non-hydrogen) atoms. The maximum Gasteiger partial charge on any atom is 0.241 e. The van der Waals surface area contributed by atoms with Crippen molar-refractivity contribution in [1.29, 1.82) is 0 Å². The molecular weight excluding hydrogens is 224 g/mol. The molecule has 1 saturated heterocycles. The van der Waals surface area contributed by atoms with Crippen LogP contribution in [0.5, 0.6) is 0 Å². The molecule has 0 aliphatic carbocycles. The molecule has 1 heterocycles. The van der Waals surface area contributed by atoms with E-state index in [1.165, 1.54) is 4.90 Å². The normalized spacial score (nSPS) is 18.8. The number of likely N-dealkylation sites (N-methyl/N-ethyl adjacent to an activating group) is 1. The van der Waals surface area contributed by atoms with Crippen LogP contribution in [0.2, 0.25) is 0 Å². The molecular formula is C10H18N4O3. The van der Waals surface area contributed by atoms with Crippen molar-refractivity contribution in [1.82, 2.24) is 9.80 Å². The first-order valence-corrected chi connectivity index (χ1v) is 5.48. The number of rotatable bonds is 3. The standard InChI is InChI=1S/C10H18N4O3/c1-13-3-2-4-14(6-9(13)16)10(17)7(11)5-8(12)15/h7H,2-6,11H2,1H3,(H2,12,15). The molecule has 7 nitrogen and oxygen atoms in total. The van der Waals surface area contributed by atoms with Gasteiger partial charge in [-0.2, -0.15) is 0 Å². The summed E-state index contributed by atoms with van der Waals surface area (Å²) in [4.78, 5) is 37.1. The lowest BCUT2D eigenvalue weighted by atomic mass is 10.2. The molecule has 0 bridgehead atoms. The van der Waals surface area contributed by atoms with Gasteiger partial charge in [0, 0.05) is 20.1 Å². The van der Waals surface area contributed by atoms with Crippen molar-refractivity contribution in [3.63, 3.8) is 0 Å². The molecule has 1 fully saturated rings. The third-order valence-electron chi connectivity index (χ3n) is 2.72. The van der Waals surface area contributed by atoms with Crippen LogP contribution in [0.1, 0.15) is 12.8 Å². The maximum absolute atomic E-state index is 11.9. The van der Waals surface area contributed by atoms with Crippen LogP contribution in [0.25, 0.3) is 0 Å². The monoisotopic (exact) mass is 242 g/mol. The zero-order chi connectivity index (χ0) is 13.0. The molecule has 1 unspecified atom stereocenters. The van der Waals surface area contributed by atoms with Crippen LogP contribution in [0.15, 0.2) is 0 Å². The van der Waals surface area contributed by atoms with Crippen LogP contribution >= 0.6 is 0 Å². The van der Waals surface area contributed by atoms with Gasteiger partial charge in [-0.25, -0.2) is 0 Å². The largest absolute Gasteiger partial charge is 0.370 e. The molecule has 3 amide bonds. The smallest absolute Gasteiger partial charge is 0.241 e. The average Bonchev–Trinajstić information content (AvgIpc) is 2.40. The van der Waals surface area contributed by atoms with Crippen molar-refractivity contribution >= 4 is 17.7 Å². The first-order valence-electron chi connectivity index (χ1n) is 5.48. The van der Waals surface area contributed by atoms with E-state index in [4.69, 9.17) is 11.5 Å². The first kappa shape index (κ1) is 13.4. The van der Waals surface area contributed by atoms with Gasteiger partial charge < -0.3 is 21.3 Å². The van der Waals surface area contributed by atoms with E-state index in [2.05, 4.69) is 0 Å². The second-order valence-electron chi connectivity index (χ2n) is 4.21. The van der Waals surface area contributed by atoms with Gasteiger partial charge in [-0.05, 0) is 6.42 Å². The minimum Gasteiger partial charge on any atom is -0.370 e. The Balaban J connectivity index is 2.62. The Hall–Kier alpha value is -1.63. The summed E-state index contributed by atoms with van der Waals surface area (Å²) in [6.45, 7) is 1.11. The van der Waals surface area contributed by atoms with Crippen molar-refractivity contribution in [2.45, 2.75) is 18.9 Å². The van der Waals surface area contributed by atoms with E-state index in [0.717, 1.165) is 0 Å². The van der Waals surface area contributed by atoms with Crippen molar-refractivity contribution in [3.8, 4) is 0 Å². The highest BCUT2D eigenvalue weighted by molar-refractivity contribution is 5.90. The number of amides is 3. The minimum absolute atomic E-state index is 0.0157. The van der Waals surface area contributed by atoms with Crippen LogP contribution in [0.4, 0.5) is 0 Å². The van der Waals surface area contributed by atoms with Gasteiger partial charge in [-0.15, -0.1) is 0 Å². The number of carbonyl (C=O) groups excluding carboxylic acids is 3. The quantitative estimate of drug-likeness (QED) is 0.589. The third kappa shape index (κ3) is 3.70. The van der Waals surface area contributed by atoms with E-state index >= 15 is 0 Å². The SMILES string of the molecule is CN1CCCN(C(=O)C(N)CC(N)=O)CC1=O. The number of carbonyl (C=O) groups is 3. The highest BCUT2D eigenvalue weighted by Crippen LogP contribution is 2.05. The number of primary amides is 1. The predicted molar refractivity (Wildman–Crippen MR) is 60.6 cm³/mol. The van der Waals surface area contributed by atoms with Gasteiger partial charge in [0.2, 0.25) is 17.7 Å². The lowest BCUT2D eigenvalue weighted by Gasteiger charge is -2.22. The van der Waals surface area contributed by atoms with Crippen molar-refractivity contribution in [2.24, 2.45) is 11.5 Å². The zero-order valence-corrected chi connectivity index (χ0v) is 9.89. The Kier molecular flexibility index (Phi) is 4.45. The Labute approximate surface area is 99.7 Å². The number of hydrogen-bond donors (Lipinski definition) is 2. The Morgan fingerprint density at radius 2 is 2.06 bits per heavy atom. The molecule has 0 spiro atoms. The van der Waals surface area contributed by atoms with Gasteiger partial charge in [0.15, 0.2) is 0 Å². The third-order valence-corrected chi connectivity index (χ3v) is 2.72. The summed E-state index contributed by atoms with van der Waals surface area (Å²) >= 11 is 0. The van der Waals surface area contributed by atoms with Crippen LogP contribution in [0, 0.1) is 0 Å². The number of hydrogen-bond acceptors (Lipinski definition) is 4. The fraction of sp³-hybridized carbons (Fsp3) is 0.700. The van der Waals surface area contributed by atoms with Gasteiger partial charge in [-0.1, -0.05) is 0 Å². The topological polar surface area (TPSA) is 110 Å².